The number of aliphatic carboxylic acids is 2. The molecule has 3 N–H and O–H groups in total. The maximum Gasteiger partial charge on any atom is 0.414 e. The summed E-state index contributed by atoms with van der Waals surface area (Å²) in [6.45, 7) is 7.43. The van der Waals surface area contributed by atoms with Gasteiger partial charge in [-0.1, -0.05) is 46.9 Å². The Balaban J connectivity index is 0.000000538. The standard InChI is InChI=1S/C24H29BrClN3O.C2H2O4/c1-2-24(21-16-18(25)8-9-22(21)27-23(24)30)10-3-4-11-28-12-14-29(15-13-28)20-7-5-6-19(26)17-20;3-1(4)2(5)6/h5-9,16-17H,2-4,10-15H2,1H3,(H,27,30);(H,3,4)(H,5,6). The van der Waals surface area contributed by atoms with E-state index < -0.39 is 11.9 Å². The Kier molecular flexibility index (Phi) is 9.76. The van der Waals surface area contributed by atoms with E-state index in [9.17, 15) is 4.79 Å². The fourth-order valence-corrected chi connectivity index (χ4v) is 5.37. The van der Waals surface area contributed by atoms with E-state index in [1.807, 2.05) is 30.3 Å². The third kappa shape index (κ3) is 6.78. The lowest BCUT2D eigenvalue weighted by atomic mass is 9.75. The van der Waals surface area contributed by atoms with Crippen LogP contribution in [0.5, 0.6) is 0 Å². The molecule has 2 aromatic carbocycles. The lowest BCUT2D eigenvalue weighted by molar-refractivity contribution is -0.159. The zero-order valence-corrected chi connectivity index (χ0v) is 22.5. The third-order valence-corrected chi connectivity index (χ3v) is 7.57. The Hall–Kier alpha value is -2.62. The zero-order valence-electron chi connectivity index (χ0n) is 20.2. The van der Waals surface area contributed by atoms with Gasteiger partial charge in [-0.05, 0) is 67.8 Å². The molecule has 2 aliphatic rings. The molecule has 8 nitrogen and oxygen atoms in total. The van der Waals surface area contributed by atoms with Gasteiger partial charge in [0.05, 0.1) is 5.41 Å². The molecule has 0 radical (unpaired) electrons. The van der Waals surface area contributed by atoms with Crippen LogP contribution in [0.3, 0.4) is 0 Å². The van der Waals surface area contributed by atoms with Gasteiger partial charge in [-0.15, -0.1) is 0 Å². The molecule has 4 rings (SSSR count). The number of carboxylic acid groups (broad SMARTS) is 2. The highest BCUT2D eigenvalue weighted by Crippen LogP contribution is 2.44. The summed E-state index contributed by atoms with van der Waals surface area (Å²) in [5, 5.41) is 18.7. The molecule has 1 atom stereocenters. The average molecular weight is 581 g/mol. The molecular formula is C26H31BrClN3O5. The van der Waals surface area contributed by atoms with Crippen LogP contribution in [0.1, 0.15) is 38.2 Å². The van der Waals surface area contributed by atoms with Gasteiger partial charge in [-0.2, -0.15) is 0 Å². The molecule has 10 heteroatoms. The number of carbonyl (C=O) groups excluding carboxylic acids is 1. The van der Waals surface area contributed by atoms with Crippen LogP contribution in [-0.4, -0.2) is 65.7 Å². The van der Waals surface area contributed by atoms with Gasteiger partial charge >= 0.3 is 11.9 Å². The second-order valence-electron chi connectivity index (χ2n) is 8.96. The minimum Gasteiger partial charge on any atom is -0.473 e. The molecule has 1 saturated heterocycles. The highest BCUT2D eigenvalue weighted by Gasteiger charge is 2.44. The van der Waals surface area contributed by atoms with Crippen molar-refractivity contribution in [3.05, 3.63) is 57.5 Å². The SMILES string of the molecule is CCC1(CCCCN2CCN(c3cccc(Cl)c3)CC2)C(=O)Nc2ccc(Br)cc21.O=C(O)C(=O)O. The molecule has 0 saturated carbocycles. The van der Waals surface area contributed by atoms with Crippen LogP contribution in [0, 0.1) is 0 Å². The summed E-state index contributed by atoms with van der Waals surface area (Å²) in [6, 6.07) is 14.2. The minimum atomic E-state index is -1.82. The molecule has 36 heavy (non-hydrogen) atoms. The quantitative estimate of drug-likeness (QED) is 0.317. The van der Waals surface area contributed by atoms with Crippen LogP contribution >= 0.6 is 27.5 Å². The molecule has 194 valence electrons. The van der Waals surface area contributed by atoms with E-state index >= 15 is 0 Å². The molecule has 0 spiro atoms. The Morgan fingerprint density at radius 1 is 1.06 bits per heavy atom. The summed E-state index contributed by atoms with van der Waals surface area (Å²) >= 11 is 9.70. The minimum absolute atomic E-state index is 0.160. The monoisotopic (exact) mass is 579 g/mol. The fraction of sp³-hybridized carbons (Fsp3) is 0.423. The van der Waals surface area contributed by atoms with Gasteiger partial charge < -0.3 is 20.4 Å². The summed E-state index contributed by atoms with van der Waals surface area (Å²) in [5.41, 5.74) is 2.95. The van der Waals surface area contributed by atoms with Crippen molar-refractivity contribution < 1.29 is 24.6 Å². The predicted octanol–water partition coefficient (Wildman–Crippen LogP) is 4.85. The second kappa shape index (κ2) is 12.6. The van der Waals surface area contributed by atoms with Crippen molar-refractivity contribution in [3.63, 3.8) is 0 Å². The number of hydrogen-bond acceptors (Lipinski definition) is 5. The first-order valence-corrected chi connectivity index (χ1v) is 13.1. The van der Waals surface area contributed by atoms with Gasteiger partial charge in [0.2, 0.25) is 5.91 Å². The van der Waals surface area contributed by atoms with Crippen molar-refractivity contribution in [3.8, 4) is 0 Å². The molecule has 1 fully saturated rings. The number of unbranched alkanes of at least 4 members (excludes halogenated alkanes) is 1. The number of amides is 1. The van der Waals surface area contributed by atoms with Crippen LogP contribution in [0.25, 0.3) is 0 Å². The number of halogens is 2. The Bertz CT molecular complexity index is 1090. The van der Waals surface area contributed by atoms with Gasteiger partial charge in [0.1, 0.15) is 0 Å². The largest absolute Gasteiger partial charge is 0.473 e. The number of nitrogens with one attached hydrogen (secondary N) is 1. The van der Waals surface area contributed by atoms with Gasteiger partial charge in [-0.3, -0.25) is 9.69 Å². The number of rotatable bonds is 7. The van der Waals surface area contributed by atoms with E-state index in [-0.39, 0.29) is 11.3 Å². The number of nitrogens with zero attached hydrogens (tertiary/aromatic N) is 2. The van der Waals surface area contributed by atoms with Crippen LogP contribution in [0.4, 0.5) is 11.4 Å². The van der Waals surface area contributed by atoms with E-state index in [0.717, 1.165) is 79.2 Å². The van der Waals surface area contributed by atoms with E-state index in [1.165, 1.54) is 5.69 Å². The Morgan fingerprint density at radius 3 is 2.36 bits per heavy atom. The van der Waals surface area contributed by atoms with Gasteiger partial charge in [-0.25, -0.2) is 9.59 Å². The number of carboxylic acids is 2. The molecular weight excluding hydrogens is 550 g/mol. The number of carbonyl (C=O) groups is 3. The van der Waals surface area contributed by atoms with Crippen LogP contribution in [0.15, 0.2) is 46.9 Å². The number of hydrogen-bond donors (Lipinski definition) is 3. The Labute approximate surface area is 224 Å². The highest BCUT2D eigenvalue weighted by atomic mass is 79.9. The topological polar surface area (TPSA) is 110 Å². The van der Waals surface area contributed by atoms with E-state index in [2.05, 4.69) is 50.1 Å². The first-order valence-electron chi connectivity index (χ1n) is 12.0. The predicted molar refractivity (Wildman–Crippen MR) is 144 cm³/mol. The van der Waals surface area contributed by atoms with Crippen molar-refractivity contribution in [1.82, 2.24) is 4.90 Å². The zero-order chi connectivity index (χ0) is 26.3. The third-order valence-electron chi connectivity index (χ3n) is 6.84. The summed E-state index contributed by atoms with van der Waals surface area (Å²) < 4.78 is 1.04. The van der Waals surface area contributed by atoms with Crippen LogP contribution in [0.2, 0.25) is 5.02 Å². The van der Waals surface area contributed by atoms with Crippen molar-refractivity contribution in [2.24, 2.45) is 0 Å². The summed E-state index contributed by atoms with van der Waals surface area (Å²) in [7, 11) is 0. The van der Waals surface area contributed by atoms with E-state index in [0.29, 0.717) is 0 Å². The second-order valence-corrected chi connectivity index (χ2v) is 10.3. The normalized spacial score (nSPS) is 19.2. The maximum atomic E-state index is 12.8. The summed E-state index contributed by atoms with van der Waals surface area (Å²) in [5.74, 6) is -3.49. The first-order chi connectivity index (χ1) is 17.2. The molecule has 1 amide bonds. The lowest BCUT2D eigenvalue weighted by Crippen LogP contribution is -2.46. The van der Waals surface area contributed by atoms with Crippen molar-refractivity contribution in [2.75, 3.05) is 42.9 Å². The first kappa shape index (κ1) is 28.0. The smallest absolute Gasteiger partial charge is 0.414 e. The maximum absolute atomic E-state index is 12.8. The van der Waals surface area contributed by atoms with Crippen molar-refractivity contribution in [1.29, 1.82) is 0 Å². The van der Waals surface area contributed by atoms with Crippen molar-refractivity contribution in [2.45, 2.75) is 38.0 Å². The lowest BCUT2D eigenvalue weighted by Gasteiger charge is -2.36. The summed E-state index contributed by atoms with van der Waals surface area (Å²) in [6.07, 6.45) is 3.92. The van der Waals surface area contributed by atoms with E-state index in [1.54, 1.807) is 0 Å². The van der Waals surface area contributed by atoms with Gasteiger partial charge in [0, 0.05) is 47.0 Å². The molecule has 2 aliphatic heterocycles. The highest BCUT2D eigenvalue weighted by molar-refractivity contribution is 9.10. The molecule has 0 aliphatic carbocycles. The average Bonchev–Trinajstić information content (AvgIpc) is 3.13. The van der Waals surface area contributed by atoms with Crippen LogP contribution in [-0.2, 0) is 19.8 Å². The van der Waals surface area contributed by atoms with Crippen LogP contribution < -0.4 is 10.2 Å². The number of piperazine rings is 1. The Morgan fingerprint density at radius 2 is 1.75 bits per heavy atom. The fourth-order valence-electron chi connectivity index (χ4n) is 4.83. The molecule has 1 unspecified atom stereocenters. The molecule has 2 heterocycles. The number of anilines is 2. The number of benzene rings is 2. The molecule has 0 aromatic heterocycles. The van der Waals surface area contributed by atoms with Gasteiger partial charge in [0.25, 0.3) is 0 Å². The van der Waals surface area contributed by atoms with Gasteiger partial charge in [0.15, 0.2) is 0 Å². The van der Waals surface area contributed by atoms with Crippen molar-refractivity contribution >= 4 is 56.8 Å². The summed E-state index contributed by atoms with van der Waals surface area (Å²) in [4.78, 5) is 36.0. The molecule has 2 aromatic rings. The number of fused-ring (bicyclic) bond motifs is 1. The molecule has 0 bridgehead atoms. The van der Waals surface area contributed by atoms with E-state index in [4.69, 9.17) is 31.4 Å².